The van der Waals surface area contributed by atoms with Gasteiger partial charge in [0.2, 0.25) is 0 Å². The van der Waals surface area contributed by atoms with Crippen molar-refractivity contribution in [2.45, 2.75) is 13.3 Å². The summed E-state index contributed by atoms with van der Waals surface area (Å²) in [7, 11) is 1.64. The number of hydrogen-bond donors (Lipinski definition) is 1. The molecule has 0 aliphatic heterocycles. The molecule has 2 heterocycles. The third-order valence-corrected chi connectivity index (χ3v) is 3.65. The van der Waals surface area contributed by atoms with Crippen molar-refractivity contribution in [2.75, 3.05) is 13.7 Å². The van der Waals surface area contributed by atoms with Gasteiger partial charge in [0.15, 0.2) is 5.65 Å². The van der Waals surface area contributed by atoms with Crippen molar-refractivity contribution in [1.82, 2.24) is 19.7 Å². The molecule has 3 aromatic rings. The number of methoxy groups -OCH3 is 1. The number of fused-ring (bicyclic) bond motifs is 1. The van der Waals surface area contributed by atoms with Gasteiger partial charge in [0.1, 0.15) is 11.4 Å². The molecule has 0 saturated heterocycles. The Bertz CT molecular complexity index is 841. The molecule has 2 aromatic heterocycles. The van der Waals surface area contributed by atoms with Gasteiger partial charge in [-0.2, -0.15) is 0 Å². The molecule has 3 rings (SSSR count). The molecule has 23 heavy (non-hydrogen) atoms. The van der Waals surface area contributed by atoms with Gasteiger partial charge in [-0.3, -0.25) is 14.2 Å². The highest BCUT2D eigenvalue weighted by atomic mass is 16.5. The fraction of sp³-hybridized carbons (Fsp3) is 0.235. The van der Waals surface area contributed by atoms with Crippen molar-refractivity contribution in [3.05, 3.63) is 59.8 Å². The number of rotatable bonds is 5. The second-order valence-corrected chi connectivity index (χ2v) is 5.21. The Morgan fingerprint density at radius 3 is 3.09 bits per heavy atom. The molecule has 0 spiro atoms. The van der Waals surface area contributed by atoms with E-state index in [1.807, 2.05) is 31.2 Å². The third kappa shape index (κ3) is 3.15. The molecule has 0 saturated carbocycles. The van der Waals surface area contributed by atoms with Crippen LogP contribution in [0.1, 0.15) is 21.7 Å². The van der Waals surface area contributed by atoms with Gasteiger partial charge in [-0.15, -0.1) is 0 Å². The Balaban J connectivity index is 1.68. The monoisotopic (exact) mass is 310 g/mol. The number of aryl methyl sites for hydroxylation is 1. The van der Waals surface area contributed by atoms with Crippen molar-refractivity contribution in [2.24, 2.45) is 0 Å². The van der Waals surface area contributed by atoms with Crippen LogP contribution in [0, 0.1) is 6.92 Å². The van der Waals surface area contributed by atoms with Crippen LogP contribution in [0.5, 0.6) is 5.75 Å². The molecule has 1 amide bonds. The predicted octanol–water partition coefficient (Wildman–Crippen LogP) is 2.02. The van der Waals surface area contributed by atoms with Crippen LogP contribution in [-0.4, -0.2) is 33.9 Å². The summed E-state index contributed by atoms with van der Waals surface area (Å²) < 4.78 is 6.95. The first-order chi connectivity index (χ1) is 11.2. The molecule has 1 N–H and O–H groups in total. The molecule has 0 radical (unpaired) electrons. The zero-order valence-corrected chi connectivity index (χ0v) is 13.1. The van der Waals surface area contributed by atoms with Gasteiger partial charge in [0.25, 0.3) is 5.91 Å². The first-order valence-electron chi connectivity index (χ1n) is 7.39. The van der Waals surface area contributed by atoms with E-state index < -0.39 is 0 Å². The largest absolute Gasteiger partial charge is 0.497 e. The Morgan fingerprint density at radius 1 is 1.39 bits per heavy atom. The van der Waals surface area contributed by atoms with Crippen molar-refractivity contribution in [1.29, 1.82) is 0 Å². The first-order valence-corrected chi connectivity index (χ1v) is 7.39. The maximum Gasteiger partial charge on any atom is 0.270 e. The minimum atomic E-state index is -0.135. The molecule has 0 atom stereocenters. The smallest absolute Gasteiger partial charge is 0.270 e. The second-order valence-electron chi connectivity index (χ2n) is 5.21. The van der Waals surface area contributed by atoms with Crippen LogP contribution in [-0.2, 0) is 6.42 Å². The fourth-order valence-electron chi connectivity index (χ4n) is 2.53. The van der Waals surface area contributed by atoms with Crippen LogP contribution in [0.2, 0.25) is 0 Å². The van der Waals surface area contributed by atoms with Crippen molar-refractivity contribution in [3.63, 3.8) is 0 Å². The minimum absolute atomic E-state index is 0.135. The predicted molar refractivity (Wildman–Crippen MR) is 86.8 cm³/mol. The molecule has 118 valence electrons. The molecule has 0 unspecified atom stereocenters. The number of benzene rings is 1. The number of ether oxygens (including phenoxy) is 1. The van der Waals surface area contributed by atoms with Crippen LogP contribution in [0.3, 0.4) is 0 Å². The van der Waals surface area contributed by atoms with Gasteiger partial charge in [0.05, 0.1) is 19.0 Å². The zero-order valence-electron chi connectivity index (χ0n) is 13.1. The van der Waals surface area contributed by atoms with E-state index in [0.717, 1.165) is 17.7 Å². The summed E-state index contributed by atoms with van der Waals surface area (Å²) in [6, 6.07) is 7.83. The normalized spacial score (nSPS) is 10.7. The minimum Gasteiger partial charge on any atom is -0.497 e. The fourth-order valence-corrected chi connectivity index (χ4v) is 2.53. The molecule has 6 nitrogen and oxygen atoms in total. The Labute approximate surface area is 134 Å². The Hall–Kier alpha value is -2.89. The van der Waals surface area contributed by atoms with Crippen LogP contribution in [0.15, 0.2) is 42.9 Å². The zero-order chi connectivity index (χ0) is 16.2. The van der Waals surface area contributed by atoms with E-state index in [-0.39, 0.29) is 5.91 Å². The quantitative estimate of drug-likeness (QED) is 0.783. The van der Waals surface area contributed by atoms with Gasteiger partial charge in [-0.25, -0.2) is 4.98 Å². The van der Waals surface area contributed by atoms with Crippen LogP contribution in [0.25, 0.3) is 5.65 Å². The summed E-state index contributed by atoms with van der Waals surface area (Å²) in [5.41, 5.74) is 3.02. The van der Waals surface area contributed by atoms with Gasteiger partial charge in [0, 0.05) is 18.9 Å². The van der Waals surface area contributed by atoms with E-state index in [1.54, 1.807) is 30.1 Å². The second kappa shape index (κ2) is 6.48. The third-order valence-electron chi connectivity index (χ3n) is 3.65. The highest BCUT2D eigenvalue weighted by Gasteiger charge is 2.15. The van der Waals surface area contributed by atoms with Crippen LogP contribution < -0.4 is 10.1 Å². The van der Waals surface area contributed by atoms with Crippen molar-refractivity contribution >= 4 is 11.6 Å². The summed E-state index contributed by atoms with van der Waals surface area (Å²) >= 11 is 0. The molecule has 0 aliphatic carbocycles. The molecule has 0 aliphatic rings. The van der Waals surface area contributed by atoms with E-state index in [0.29, 0.717) is 23.6 Å². The van der Waals surface area contributed by atoms with Crippen LogP contribution in [0.4, 0.5) is 0 Å². The summed E-state index contributed by atoms with van der Waals surface area (Å²) in [6.45, 7) is 2.37. The van der Waals surface area contributed by atoms with Gasteiger partial charge >= 0.3 is 0 Å². The number of hydrogen-bond acceptors (Lipinski definition) is 4. The summed E-state index contributed by atoms with van der Waals surface area (Å²) in [5, 5.41) is 2.94. The number of nitrogens with one attached hydrogen (secondary N) is 1. The maximum absolute atomic E-state index is 12.4. The van der Waals surface area contributed by atoms with Crippen molar-refractivity contribution in [3.8, 4) is 5.75 Å². The summed E-state index contributed by atoms with van der Waals surface area (Å²) in [4.78, 5) is 20.8. The molecule has 0 fully saturated rings. The maximum atomic E-state index is 12.4. The Kier molecular flexibility index (Phi) is 4.23. The topological polar surface area (TPSA) is 68.5 Å². The highest BCUT2D eigenvalue weighted by molar-refractivity contribution is 5.94. The average molecular weight is 310 g/mol. The first kappa shape index (κ1) is 15.0. The van der Waals surface area contributed by atoms with E-state index in [9.17, 15) is 4.79 Å². The van der Waals surface area contributed by atoms with Crippen LogP contribution >= 0.6 is 0 Å². The number of carbonyl (C=O) groups is 1. The van der Waals surface area contributed by atoms with Gasteiger partial charge in [-0.1, -0.05) is 12.1 Å². The lowest BCUT2D eigenvalue weighted by molar-refractivity contribution is 0.0947. The van der Waals surface area contributed by atoms with Gasteiger partial charge in [-0.05, 0) is 31.0 Å². The van der Waals surface area contributed by atoms with E-state index >= 15 is 0 Å². The molecule has 0 bridgehead atoms. The lowest BCUT2D eigenvalue weighted by atomic mass is 10.1. The molecular weight excluding hydrogens is 292 g/mol. The van der Waals surface area contributed by atoms with E-state index in [2.05, 4.69) is 15.3 Å². The number of imidazole rings is 1. The number of carbonyl (C=O) groups excluding carboxylic acids is 1. The molecular formula is C17H18N4O2. The lowest BCUT2D eigenvalue weighted by Crippen LogP contribution is -2.27. The Morgan fingerprint density at radius 2 is 2.26 bits per heavy atom. The summed E-state index contributed by atoms with van der Waals surface area (Å²) in [5.74, 6) is 0.683. The lowest BCUT2D eigenvalue weighted by Gasteiger charge is -2.07. The van der Waals surface area contributed by atoms with Gasteiger partial charge < -0.3 is 10.1 Å². The number of nitrogens with zero attached hydrogens (tertiary/aromatic N) is 3. The molecule has 1 aromatic carbocycles. The number of amides is 1. The summed E-state index contributed by atoms with van der Waals surface area (Å²) in [6.07, 6.45) is 5.76. The van der Waals surface area contributed by atoms with E-state index in [4.69, 9.17) is 4.74 Å². The molecule has 6 heteroatoms. The standard InChI is InChI=1S/C17H18N4O2/c1-12-16(21-9-8-18-11-15(21)20-12)17(22)19-7-6-13-4-3-5-14(10-13)23-2/h3-5,8-11H,6-7H2,1-2H3,(H,19,22). The number of aromatic nitrogens is 3. The van der Waals surface area contributed by atoms with E-state index in [1.165, 1.54) is 0 Å². The van der Waals surface area contributed by atoms with Crippen molar-refractivity contribution < 1.29 is 9.53 Å². The average Bonchev–Trinajstić information content (AvgIpc) is 2.90. The highest BCUT2D eigenvalue weighted by Crippen LogP contribution is 2.13. The SMILES string of the molecule is COc1cccc(CCNC(=O)c2c(C)nc3cnccn23)c1.